The van der Waals surface area contributed by atoms with E-state index in [0.29, 0.717) is 6.42 Å². The lowest BCUT2D eigenvalue weighted by Gasteiger charge is -1.94. The first-order chi connectivity index (χ1) is 5.31. The van der Waals surface area contributed by atoms with Crippen LogP contribution in [0.2, 0.25) is 0 Å². The molecular formula is C8H15NO2. The first-order valence-corrected chi connectivity index (χ1v) is 3.89. The number of carbonyl (C=O) groups excluding carboxylic acids is 1. The van der Waals surface area contributed by atoms with Crippen molar-refractivity contribution in [3.05, 3.63) is 12.2 Å². The van der Waals surface area contributed by atoms with Crippen LogP contribution in [0.1, 0.15) is 32.6 Å². The third kappa shape index (κ3) is 7.06. The summed E-state index contributed by atoms with van der Waals surface area (Å²) in [4.78, 5) is 10.5. The molecule has 0 aromatic heterocycles. The predicted molar refractivity (Wildman–Crippen MR) is 43.2 cm³/mol. The first kappa shape index (κ1) is 10.2. The molecule has 64 valence electrons. The minimum atomic E-state index is -0.310. The highest BCUT2D eigenvalue weighted by Gasteiger charge is 1.95. The molecule has 0 heterocycles. The van der Waals surface area contributed by atoms with Gasteiger partial charge in [0.2, 0.25) is 5.91 Å². The summed E-state index contributed by atoms with van der Waals surface area (Å²) in [5, 5.41) is 8.12. The van der Waals surface area contributed by atoms with Crippen molar-refractivity contribution in [2.24, 2.45) is 0 Å². The van der Waals surface area contributed by atoms with Crippen LogP contribution in [-0.2, 0) is 4.79 Å². The molecule has 0 saturated carbocycles. The number of rotatable bonds is 5. The Morgan fingerprint density at radius 2 is 2.27 bits per heavy atom. The number of nitrogens with one attached hydrogen (secondary N) is 1. The first-order valence-electron chi connectivity index (χ1n) is 3.89. The van der Waals surface area contributed by atoms with Crippen LogP contribution < -0.4 is 5.48 Å². The molecule has 2 N–H and O–H groups in total. The number of unbranched alkanes of at least 4 members (excludes halogenated alkanes) is 1. The van der Waals surface area contributed by atoms with E-state index in [1.165, 1.54) is 0 Å². The van der Waals surface area contributed by atoms with Gasteiger partial charge in [0.15, 0.2) is 0 Å². The lowest BCUT2D eigenvalue weighted by Crippen LogP contribution is -2.17. The molecule has 3 heteroatoms. The SMILES string of the molecule is CC/C=C\CCCC(=O)NO. The Hall–Kier alpha value is -0.830. The minimum absolute atomic E-state index is 0.310. The Labute approximate surface area is 67.1 Å². The van der Waals surface area contributed by atoms with Crippen LogP contribution in [0.25, 0.3) is 0 Å². The van der Waals surface area contributed by atoms with Crippen molar-refractivity contribution in [2.45, 2.75) is 32.6 Å². The summed E-state index contributed by atoms with van der Waals surface area (Å²) in [5.74, 6) is -0.310. The van der Waals surface area contributed by atoms with Crippen LogP contribution in [0, 0.1) is 0 Å². The molecule has 1 amide bonds. The maximum absolute atomic E-state index is 10.5. The lowest BCUT2D eigenvalue weighted by atomic mass is 10.2. The molecule has 0 fully saturated rings. The zero-order valence-electron chi connectivity index (χ0n) is 6.84. The van der Waals surface area contributed by atoms with E-state index >= 15 is 0 Å². The average molecular weight is 157 g/mol. The van der Waals surface area contributed by atoms with Gasteiger partial charge in [-0.1, -0.05) is 19.1 Å². The van der Waals surface area contributed by atoms with E-state index in [4.69, 9.17) is 5.21 Å². The molecule has 0 saturated heterocycles. The molecule has 0 rings (SSSR count). The maximum Gasteiger partial charge on any atom is 0.243 e. The molecule has 0 aromatic carbocycles. The fraction of sp³-hybridized carbons (Fsp3) is 0.625. The van der Waals surface area contributed by atoms with Crippen LogP contribution in [0.15, 0.2) is 12.2 Å². The highest BCUT2D eigenvalue weighted by Crippen LogP contribution is 1.96. The highest BCUT2D eigenvalue weighted by atomic mass is 16.5. The summed E-state index contributed by atoms with van der Waals surface area (Å²) in [6.45, 7) is 2.07. The van der Waals surface area contributed by atoms with E-state index < -0.39 is 0 Å². The predicted octanol–water partition coefficient (Wildman–Crippen LogP) is 1.63. The van der Waals surface area contributed by atoms with Gasteiger partial charge in [0, 0.05) is 6.42 Å². The van der Waals surface area contributed by atoms with E-state index in [1.54, 1.807) is 5.48 Å². The number of hydroxylamine groups is 1. The van der Waals surface area contributed by atoms with Crippen molar-refractivity contribution in [3.8, 4) is 0 Å². The fourth-order valence-corrected chi connectivity index (χ4v) is 0.721. The number of carbonyl (C=O) groups is 1. The van der Waals surface area contributed by atoms with E-state index in [2.05, 4.69) is 13.0 Å². The Morgan fingerprint density at radius 1 is 1.55 bits per heavy atom. The van der Waals surface area contributed by atoms with Gasteiger partial charge in [-0.05, 0) is 19.3 Å². The van der Waals surface area contributed by atoms with Crippen molar-refractivity contribution in [1.82, 2.24) is 5.48 Å². The van der Waals surface area contributed by atoms with Crippen LogP contribution >= 0.6 is 0 Å². The topological polar surface area (TPSA) is 49.3 Å². The Morgan fingerprint density at radius 3 is 2.82 bits per heavy atom. The van der Waals surface area contributed by atoms with Gasteiger partial charge in [-0.2, -0.15) is 0 Å². The average Bonchev–Trinajstić information content (AvgIpc) is 2.04. The summed E-state index contributed by atoms with van der Waals surface area (Å²) in [5.41, 5.74) is 1.59. The monoisotopic (exact) mass is 157 g/mol. The largest absolute Gasteiger partial charge is 0.289 e. The second-order valence-corrected chi connectivity index (χ2v) is 2.31. The van der Waals surface area contributed by atoms with Crippen molar-refractivity contribution in [2.75, 3.05) is 0 Å². The standard InChI is InChI=1S/C8H15NO2/c1-2-3-4-5-6-7-8(10)9-11/h3-4,11H,2,5-7H2,1H3,(H,9,10)/b4-3-. The maximum atomic E-state index is 10.5. The second kappa shape index (κ2) is 7.28. The number of amides is 1. The van der Waals surface area contributed by atoms with Crippen LogP contribution in [0.5, 0.6) is 0 Å². The zero-order chi connectivity index (χ0) is 8.53. The van der Waals surface area contributed by atoms with Crippen molar-refractivity contribution in [1.29, 1.82) is 0 Å². The quantitative estimate of drug-likeness (QED) is 0.276. The van der Waals surface area contributed by atoms with Crippen molar-refractivity contribution in [3.63, 3.8) is 0 Å². The van der Waals surface area contributed by atoms with Gasteiger partial charge >= 0.3 is 0 Å². The molecular weight excluding hydrogens is 142 g/mol. The van der Waals surface area contributed by atoms with Crippen LogP contribution in [-0.4, -0.2) is 11.1 Å². The highest BCUT2D eigenvalue weighted by molar-refractivity contribution is 5.74. The van der Waals surface area contributed by atoms with Crippen molar-refractivity contribution < 1.29 is 10.0 Å². The smallest absolute Gasteiger partial charge is 0.243 e. The number of allylic oxidation sites excluding steroid dienone is 2. The second-order valence-electron chi connectivity index (χ2n) is 2.31. The molecule has 0 radical (unpaired) electrons. The van der Waals surface area contributed by atoms with E-state index in [-0.39, 0.29) is 5.91 Å². The molecule has 3 nitrogen and oxygen atoms in total. The lowest BCUT2D eigenvalue weighted by molar-refractivity contribution is -0.129. The Balaban J connectivity index is 3.14. The minimum Gasteiger partial charge on any atom is -0.289 e. The van der Waals surface area contributed by atoms with Crippen molar-refractivity contribution >= 4 is 5.91 Å². The van der Waals surface area contributed by atoms with Gasteiger partial charge in [0.25, 0.3) is 0 Å². The molecule has 11 heavy (non-hydrogen) atoms. The summed E-state index contributed by atoms with van der Waals surface area (Å²) >= 11 is 0. The molecule has 0 aliphatic rings. The van der Waals surface area contributed by atoms with Gasteiger partial charge in [0.05, 0.1) is 0 Å². The van der Waals surface area contributed by atoms with E-state index in [1.807, 2.05) is 6.08 Å². The van der Waals surface area contributed by atoms with E-state index in [0.717, 1.165) is 19.3 Å². The number of hydrogen-bond donors (Lipinski definition) is 2. The molecule has 0 unspecified atom stereocenters. The summed E-state index contributed by atoms with van der Waals surface area (Å²) < 4.78 is 0. The molecule has 0 atom stereocenters. The Kier molecular flexibility index (Phi) is 6.73. The van der Waals surface area contributed by atoms with Crippen LogP contribution in [0.3, 0.4) is 0 Å². The van der Waals surface area contributed by atoms with E-state index in [9.17, 15) is 4.79 Å². The normalized spacial score (nSPS) is 10.4. The summed E-state index contributed by atoms with van der Waals surface area (Å²) in [6.07, 6.45) is 7.24. The summed E-state index contributed by atoms with van der Waals surface area (Å²) in [7, 11) is 0. The van der Waals surface area contributed by atoms with Gasteiger partial charge in [-0.3, -0.25) is 10.0 Å². The van der Waals surface area contributed by atoms with Gasteiger partial charge in [-0.15, -0.1) is 0 Å². The van der Waals surface area contributed by atoms with Gasteiger partial charge in [-0.25, -0.2) is 5.48 Å². The molecule has 0 bridgehead atoms. The fourth-order valence-electron chi connectivity index (χ4n) is 0.721. The Bertz CT molecular complexity index is 132. The zero-order valence-corrected chi connectivity index (χ0v) is 6.84. The number of hydrogen-bond acceptors (Lipinski definition) is 2. The van der Waals surface area contributed by atoms with Crippen LogP contribution in [0.4, 0.5) is 0 Å². The van der Waals surface area contributed by atoms with Gasteiger partial charge < -0.3 is 0 Å². The third-order valence-electron chi connectivity index (χ3n) is 1.30. The third-order valence-corrected chi connectivity index (χ3v) is 1.30. The molecule has 0 spiro atoms. The molecule has 0 aliphatic carbocycles. The summed E-state index contributed by atoms with van der Waals surface area (Å²) in [6, 6.07) is 0. The van der Waals surface area contributed by atoms with Gasteiger partial charge in [0.1, 0.15) is 0 Å². The molecule has 0 aromatic rings. The molecule has 0 aliphatic heterocycles.